The first-order valence-corrected chi connectivity index (χ1v) is 8.30. The van der Waals surface area contributed by atoms with E-state index in [1.54, 1.807) is 0 Å². The quantitative estimate of drug-likeness (QED) is 0.901. The molecule has 1 N–H and O–H groups in total. The van der Waals surface area contributed by atoms with Gasteiger partial charge < -0.3 is 9.67 Å². The van der Waals surface area contributed by atoms with Gasteiger partial charge in [0.25, 0.3) is 0 Å². The molecule has 0 amide bonds. The second-order valence-electron chi connectivity index (χ2n) is 7.25. The van der Waals surface area contributed by atoms with Gasteiger partial charge >= 0.3 is 0 Å². The predicted molar refractivity (Wildman–Crippen MR) is 89.6 cm³/mol. The van der Waals surface area contributed by atoms with Crippen molar-refractivity contribution < 1.29 is 5.11 Å². The highest BCUT2D eigenvalue weighted by molar-refractivity contribution is 5.69. The van der Waals surface area contributed by atoms with E-state index in [0.717, 1.165) is 6.42 Å². The molecule has 3 atom stereocenters. The molecule has 1 unspecified atom stereocenters. The van der Waals surface area contributed by atoms with Crippen LogP contribution in [-0.2, 0) is 0 Å². The summed E-state index contributed by atoms with van der Waals surface area (Å²) in [5.41, 5.74) is 3.75. The maximum Gasteiger partial charge on any atom is 0.0956 e. The summed E-state index contributed by atoms with van der Waals surface area (Å²) in [6.45, 7) is 8.67. The van der Waals surface area contributed by atoms with Crippen LogP contribution < -0.4 is 0 Å². The molecule has 1 aromatic carbocycles. The first kappa shape index (κ1) is 15.3. The number of fused-ring (bicyclic) bond motifs is 3. The zero-order valence-electron chi connectivity index (χ0n) is 13.9. The maximum absolute atomic E-state index is 10.9. The van der Waals surface area contributed by atoms with Gasteiger partial charge in [0.05, 0.1) is 30.4 Å². The molecule has 3 nitrogen and oxygen atoms in total. The van der Waals surface area contributed by atoms with Crippen molar-refractivity contribution in [3.63, 3.8) is 0 Å². The summed E-state index contributed by atoms with van der Waals surface area (Å²) < 4.78 is 2.25. The van der Waals surface area contributed by atoms with E-state index in [-0.39, 0.29) is 24.0 Å². The average molecular weight is 298 g/mol. The molecular formula is C19H26N2O. The lowest BCUT2D eigenvalue weighted by atomic mass is 9.79. The molecule has 0 radical (unpaired) electrons. The van der Waals surface area contributed by atoms with Crippen molar-refractivity contribution in [3.8, 4) is 11.3 Å². The number of nitrogens with zero attached hydrogens (tertiary/aromatic N) is 2. The molecule has 3 heteroatoms. The number of benzene rings is 1. The van der Waals surface area contributed by atoms with E-state index in [0.29, 0.717) is 5.92 Å². The van der Waals surface area contributed by atoms with E-state index in [2.05, 4.69) is 61.5 Å². The SMILES string of the molecule is CC(C)C[C@H](C(O)C(C)C)[C@H]1c2ccccc2-c2cncn21. The van der Waals surface area contributed by atoms with Gasteiger partial charge in [-0.3, -0.25) is 0 Å². The molecule has 1 aromatic heterocycles. The summed E-state index contributed by atoms with van der Waals surface area (Å²) >= 11 is 0. The van der Waals surface area contributed by atoms with Crippen molar-refractivity contribution in [2.75, 3.05) is 0 Å². The molecular weight excluding hydrogens is 272 g/mol. The van der Waals surface area contributed by atoms with Gasteiger partial charge in [0.15, 0.2) is 0 Å². The number of hydrogen-bond donors (Lipinski definition) is 1. The van der Waals surface area contributed by atoms with Crippen LogP contribution in [0.3, 0.4) is 0 Å². The van der Waals surface area contributed by atoms with Crippen LogP contribution >= 0.6 is 0 Å². The monoisotopic (exact) mass is 298 g/mol. The molecule has 2 aromatic rings. The number of aliphatic hydroxyl groups excluding tert-OH is 1. The van der Waals surface area contributed by atoms with Crippen LogP contribution in [0.25, 0.3) is 11.3 Å². The molecule has 2 heterocycles. The van der Waals surface area contributed by atoms with Gasteiger partial charge in [-0.1, -0.05) is 52.0 Å². The number of rotatable bonds is 5. The smallest absolute Gasteiger partial charge is 0.0956 e. The van der Waals surface area contributed by atoms with E-state index >= 15 is 0 Å². The number of aromatic nitrogens is 2. The van der Waals surface area contributed by atoms with Gasteiger partial charge in [-0.15, -0.1) is 0 Å². The highest BCUT2D eigenvalue weighted by Crippen LogP contribution is 2.46. The minimum atomic E-state index is -0.311. The van der Waals surface area contributed by atoms with Gasteiger partial charge in [-0.2, -0.15) is 0 Å². The Balaban J connectivity index is 2.08. The Morgan fingerprint density at radius 3 is 2.59 bits per heavy atom. The Morgan fingerprint density at radius 2 is 1.91 bits per heavy atom. The van der Waals surface area contributed by atoms with Crippen LogP contribution in [0.5, 0.6) is 0 Å². The zero-order chi connectivity index (χ0) is 15.9. The highest BCUT2D eigenvalue weighted by atomic mass is 16.3. The molecule has 0 spiro atoms. The number of hydrogen-bond acceptors (Lipinski definition) is 2. The number of aliphatic hydroxyl groups is 1. The van der Waals surface area contributed by atoms with E-state index in [4.69, 9.17) is 0 Å². The minimum absolute atomic E-state index is 0.188. The molecule has 0 saturated heterocycles. The fourth-order valence-electron chi connectivity index (χ4n) is 3.80. The lowest BCUT2D eigenvalue weighted by molar-refractivity contribution is 0.0364. The lowest BCUT2D eigenvalue weighted by Crippen LogP contribution is -2.34. The largest absolute Gasteiger partial charge is 0.392 e. The normalized spacial score (nSPS) is 19.3. The van der Waals surface area contributed by atoms with Gasteiger partial charge in [0.1, 0.15) is 0 Å². The first-order chi connectivity index (χ1) is 10.5. The van der Waals surface area contributed by atoms with Gasteiger partial charge in [0.2, 0.25) is 0 Å². The third-order valence-electron chi connectivity index (χ3n) is 4.79. The summed E-state index contributed by atoms with van der Waals surface area (Å²) in [5.74, 6) is 1.01. The molecule has 0 bridgehead atoms. The van der Waals surface area contributed by atoms with Crippen molar-refractivity contribution in [1.82, 2.24) is 9.55 Å². The van der Waals surface area contributed by atoms with Crippen LogP contribution in [0.4, 0.5) is 0 Å². The zero-order valence-corrected chi connectivity index (χ0v) is 13.9. The molecule has 22 heavy (non-hydrogen) atoms. The molecule has 118 valence electrons. The molecule has 1 aliphatic heterocycles. The maximum atomic E-state index is 10.9. The van der Waals surface area contributed by atoms with E-state index in [1.807, 2.05) is 12.5 Å². The Labute approximate surface area is 133 Å². The van der Waals surface area contributed by atoms with Crippen molar-refractivity contribution in [2.24, 2.45) is 17.8 Å². The fraction of sp³-hybridized carbons (Fsp3) is 0.526. The number of imidazole rings is 1. The van der Waals surface area contributed by atoms with Gasteiger partial charge in [0, 0.05) is 11.5 Å². The Bertz CT molecular complexity index is 644. The average Bonchev–Trinajstić information content (AvgIpc) is 3.04. The van der Waals surface area contributed by atoms with Gasteiger partial charge in [-0.05, 0) is 23.8 Å². The fourth-order valence-corrected chi connectivity index (χ4v) is 3.80. The van der Waals surface area contributed by atoms with Crippen molar-refractivity contribution in [1.29, 1.82) is 0 Å². The highest BCUT2D eigenvalue weighted by Gasteiger charge is 2.38. The second kappa shape index (κ2) is 5.88. The third-order valence-corrected chi connectivity index (χ3v) is 4.79. The van der Waals surface area contributed by atoms with E-state index in [9.17, 15) is 5.11 Å². The van der Waals surface area contributed by atoms with Crippen molar-refractivity contribution >= 4 is 0 Å². The lowest BCUT2D eigenvalue weighted by Gasteiger charge is -2.33. The minimum Gasteiger partial charge on any atom is -0.392 e. The summed E-state index contributed by atoms with van der Waals surface area (Å²) in [6, 6.07) is 8.73. The standard InChI is InChI=1S/C19H26N2O/c1-12(2)9-16(19(22)13(3)4)18-15-8-6-5-7-14(15)17-10-20-11-21(17)18/h5-8,10-13,16,18-19,22H,9H2,1-4H3/t16-,18+,19?/m0/s1. The molecule has 0 saturated carbocycles. The van der Waals surface area contributed by atoms with Crippen LogP contribution in [0.15, 0.2) is 36.8 Å². The Kier molecular flexibility index (Phi) is 4.09. The molecule has 0 fully saturated rings. The van der Waals surface area contributed by atoms with Gasteiger partial charge in [-0.25, -0.2) is 4.98 Å². The Morgan fingerprint density at radius 1 is 1.18 bits per heavy atom. The summed E-state index contributed by atoms with van der Waals surface area (Å²) in [6.07, 6.45) is 4.55. The first-order valence-electron chi connectivity index (χ1n) is 8.30. The van der Waals surface area contributed by atoms with Crippen LogP contribution in [-0.4, -0.2) is 20.8 Å². The Hall–Kier alpha value is -1.61. The topological polar surface area (TPSA) is 38.1 Å². The second-order valence-corrected chi connectivity index (χ2v) is 7.25. The van der Waals surface area contributed by atoms with Crippen molar-refractivity contribution in [2.45, 2.75) is 46.3 Å². The van der Waals surface area contributed by atoms with Crippen molar-refractivity contribution in [3.05, 3.63) is 42.4 Å². The summed E-state index contributed by atoms with van der Waals surface area (Å²) in [4.78, 5) is 4.34. The van der Waals surface area contributed by atoms with Crippen LogP contribution in [0, 0.1) is 17.8 Å². The predicted octanol–water partition coefficient (Wildman–Crippen LogP) is 4.13. The summed E-state index contributed by atoms with van der Waals surface area (Å²) in [5, 5.41) is 10.9. The van der Waals surface area contributed by atoms with E-state index in [1.165, 1.54) is 16.8 Å². The summed E-state index contributed by atoms with van der Waals surface area (Å²) in [7, 11) is 0. The van der Waals surface area contributed by atoms with Crippen LogP contribution in [0.2, 0.25) is 0 Å². The third kappa shape index (κ3) is 2.48. The van der Waals surface area contributed by atoms with E-state index < -0.39 is 0 Å². The molecule has 3 rings (SSSR count). The van der Waals surface area contributed by atoms with Crippen LogP contribution in [0.1, 0.15) is 45.7 Å². The molecule has 0 aliphatic carbocycles. The molecule has 1 aliphatic rings.